The van der Waals surface area contributed by atoms with Crippen LogP contribution in [-0.4, -0.2) is 42.7 Å². The fourth-order valence-electron chi connectivity index (χ4n) is 3.50. The molecule has 9 nitrogen and oxygen atoms in total. The highest BCUT2D eigenvalue weighted by Gasteiger charge is 2.20. The lowest BCUT2D eigenvalue weighted by atomic mass is 10.1. The number of aromatic nitrogens is 2. The van der Waals surface area contributed by atoms with Gasteiger partial charge >= 0.3 is 6.09 Å². The summed E-state index contributed by atoms with van der Waals surface area (Å²) in [5, 5.41) is 8.72. The van der Waals surface area contributed by atoms with Crippen molar-refractivity contribution in [3.63, 3.8) is 0 Å². The fourth-order valence-corrected chi connectivity index (χ4v) is 3.50. The third-order valence-electron chi connectivity index (χ3n) is 5.23. The Labute approximate surface area is 190 Å². The van der Waals surface area contributed by atoms with E-state index < -0.39 is 11.9 Å². The Morgan fingerprint density at radius 1 is 1.24 bits per heavy atom. The second-order valence-electron chi connectivity index (χ2n) is 7.36. The monoisotopic (exact) mass is 450 g/mol. The van der Waals surface area contributed by atoms with Gasteiger partial charge in [-0.2, -0.15) is 0 Å². The average Bonchev–Trinajstić information content (AvgIpc) is 2.97. The predicted molar refractivity (Wildman–Crippen MR) is 122 cm³/mol. The maximum Gasteiger partial charge on any atom is 0.414 e. The minimum atomic E-state index is -0.565. The van der Waals surface area contributed by atoms with Crippen LogP contribution >= 0.6 is 0 Å². The van der Waals surface area contributed by atoms with E-state index in [1.807, 2.05) is 12.1 Å². The molecule has 0 atom stereocenters. The summed E-state index contributed by atoms with van der Waals surface area (Å²) >= 11 is 0. The maximum atomic E-state index is 14.4. The molecule has 2 aromatic carbocycles. The molecule has 0 radical (unpaired) electrons. The Balaban J connectivity index is 1.51. The van der Waals surface area contributed by atoms with E-state index in [0.29, 0.717) is 30.0 Å². The summed E-state index contributed by atoms with van der Waals surface area (Å²) in [6, 6.07) is 12.4. The number of nitrogens with one attached hydrogen (secondary N) is 3. The topological polar surface area (TPSA) is 108 Å². The lowest BCUT2D eigenvalue weighted by molar-refractivity contribution is 0.0963. The first-order chi connectivity index (χ1) is 16.0. The molecular formula is C23H23FN6O3. The number of benzene rings is 2. The Hall–Kier alpha value is -4.21. The van der Waals surface area contributed by atoms with Gasteiger partial charge in [0, 0.05) is 31.9 Å². The summed E-state index contributed by atoms with van der Waals surface area (Å²) < 4.78 is 19.5. The van der Waals surface area contributed by atoms with Gasteiger partial charge in [0.1, 0.15) is 5.69 Å². The molecule has 0 unspecified atom stereocenters. The van der Waals surface area contributed by atoms with Gasteiger partial charge in [-0.15, -0.1) is 0 Å². The molecule has 0 saturated carbocycles. The summed E-state index contributed by atoms with van der Waals surface area (Å²) in [5.41, 5.74) is 3.56. The normalized spacial score (nSPS) is 12.9. The highest BCUT2D eigenvalue weighted by molar-refractivity contribution is 5.99. The molecule has 2 heterocycles. The van der Waals surface area contributed by atoms with Crippen LogP contribution in [0.2, 0.25) is 0 Å². The van der Waals surface area contributed by atoms with Crippen molar-refractivity contribution < 1.29 is 18.7 Å². The lowest BCUT2D eigenvalue weighted by Crippen LogP contribution is -2.25. The van der Waals surface area contributed by atoms with Crippen molar-refractivity contribution in [2.45, 2.75) is 13.0 Å². The predicted octanol–water partition coefficient (Wildman–Crippen LogP) is 3.46. The van der Waals surface area contributed by atoms with Gasteiger partial charge in [0.25, 0.3) is 5.91 Å². The molecule has 2 amide bonds. The van der Waals surface area contributed by atoms with Crippen LogP contribution in [0, 0.1) is 5.82 Å². The molecule has 170 valence electrons. The molecule has 0 aliphatic carbocycles. The number of carbonyl (C=O) groups is 2. The average molecular weight is 450 g/mol. The molecule has 1 aliphatic heterocycles. The molecule has 3 aromatic rings. The minimum absolute atomic E-state index is 0.0610. The first kappa shape index (κ1) is 22.0. The second kappa shape index (κ2) is 9.51. The molecule has 4 rings (SSSR count). The summed E-state index contributed by atoms with van der Waals surface area (Å²) in [7, 11) is 3.21. The largest absolute Gasteiger partial charge is 0.449 e. The van der Waals surface area contributed by atoms with E-state index in [4.69, 9.17) is 4.74 Å². The van der Waals surface area contributed by atoms with Gasteiger partial charge in [-0.3, -0.25) is 9.69 Å². The van der Waals surface area contributed by atoms with E-state index >= 15 is 0 Å². The van der Waals surface area contributed by atoms with Gasteiger partial charge in [-0.1, -0.05) is 12.1 Å². The van der Waals surface area contributed by atoms with E-state index in [1.54, 1.807) is 44.4 Å². The number of amides is 2. The van der Waals surface area contributed by atoms with Crippen LogP contribution in [0.1, 0.15) is 21.6 Å². The standard InChI is InChI=1S/C23H23FN6O3/c1-25-21(31)16-5-3-4-6-18(16)26-13-19-17(24)12-27-22(29-19)28-15-7-8-20-14(11-15)9-10-33-23(32)30(20)2/h3-8,11-12,26H,9-10,13H2,1-2H3,(H,25,31)(H,27,28,29). The molecule has 3 N–H and O–H groups in total. The number of anilines is 4. The van der Waals surface area contributed by atoms with Crippen LogP contribution in [0.25, 0.3) is 0 Å². The Bertz CT molecular complexity index is 1200. The first-order valence-corrected chi connectivity index (χ1v) is 10.3. The molecule has 1 aromatic heterocycles. The van der Waals surface area contributed by atoms with E-state index in [2.05, 4.69) is 25.9 Å². The zero-order valence-corrected chi connectivity index (χ0v) is 18.2. The summed E-state index contributed by atoms with van der Waals surface area (Å²) in [4.78, 5) is 33.7. The van der Waals surface area contributed by atoms with Crippen LogP contribution in [-0.2, 0) is 17.7 Å². The van der Waals surface area contributed by atoms with Crippen LogP contribution in [0.3, 0.4) is 0 Å². The second-order valence-corrected chi connectivity index (χ2v) is 7.36. The van der Waals surface area contributed by atoms with Crippen LogP contribution in [0.4, 0.5) is 32.2 Å². The molecule has 0 fully saturated rings. The van der Waals surface area contributed by atoms with E-state index in [-0.39, 0.29) is 24.1 Å². The lowest BCUT2D eigenvalue weighted by Gasteiger charge is -2.17. The number of fused-ring (bicyclic) bond motifs is 1. The number of para-hydroxylation sites is 1. The van der Waals surface area contributed by atoms with Crippen LogP contribution < -0.4 is 20.9 Å². The minimum Gasteiger partial charge on any atom is -0.449 e. The molecule has 10 heteroatoms. The number of hydrogen-bond acceptors (Lipinski definition) is 7. The molecule has 0 saturated heterocycles. The zero-order chi connectivity index (χ0) is 23.4. The van der Waals surface area contributed by atoms with Crippen molar-refractivity contribution in [2.75, 3.05) is 36.2 Å². The molecule has 33 heavy (non-hydrogen) atoms. The number of hydrogen-bond donors (Lipinski definition) is 3. The van der Waals surface area contributed by atoms with E-state index in [0.717, 1.165) is 17.4 Å². The van der Waals surface area contributed by atoms with Crippen molar-refractivity contribution in [1.82, 2.24) is 15.3 Å². The summed E-state index contributed by atoms with van der Waals surface area (Å²) in [6.45, 7) is 0.353. The van der Waals surface area contributed by atoms with Gasteiger partial charge in [0.05, 0.1) is 30.6 Å². The number of rotatable bonds is 6. The Kier molecular flexibility index (Phi) is 6.34. The van der Waals surface area contributed by atoms with Crippen molar-refractivity contribution >= 4 is 35.0 Å². The summed E-state index contributed by atoms with van der Waals surface area (Å²) in [6.07, 6.45) is 1.28. The van der Waals surface area contributed by atoms with Crippen molar-refractivity contribution in [3.05, 3.63) is 71.3 Å². The van der Waals surface area contributed by atoms with Crippen molar-refractivity contribution in [2.24, 2.45) is 0 Å². The van der Waals surface area contributed by atoms with Gasteiger partial charge in [-0.05, 0) is 35.9 Å². The van der Waals surface area contributed by atoms with Crippen molar-refractivity contribution in [3.8, 4) is 0 Å². The SMILES string of the molecule is CNC(=O)c1ccccc1NCc1nc(Nc2ccc3c(c2)CCOC(=O)N3C)ncc1F. The van der Waals surface area contributed by atoms with Crippen molar-refractivity contribution in [1.29, 1.82) is 0 Å². The number of carbonyl (C=O) groups excluding carboxylic acids is 2. The highest BCUT2D eigenvalue weighted by Crippen LogP contribution is 2.28. The van der Waals surface area contributed by atoms with Gasteiger partial charge in [0.2, 0.25) is 5.95 Å². The quantitative estimate of drug-likeness (QED) is 0.528. The Morgan fingerprint density at radius 3 is 2.88 bits per heavy atom. The third kappa shape index (κ3) is 4.84. The number of nitrogens with zero attached hydrogens (tertiary/aromatic N) is 3. The Morgan fingerprint density at radius 2 is 2.06 bits per heavy atom. The molecular weight excluding hydrogens is 427 g/mol. The van der Waals surface area contributed by atoms with E-state index in [1.165, 1.54) is 4.90 Å². The van der Waals surface area contributed by atoms with Gasteiger partial charge in [0.15, 0.2) is 5.82 Å². The fraction of sp³-hybridized carbons (Fsp3) is 0.217. The zero-order valence-electron chi connectivity index (χ0n) is 18.2. The smallest absolute Gasteiger partial charge is 0.414 e. The molecule has 1 aliphatic rings. The van der Waals surface area contributed by atoms with Gasteiger partial charge < -0.3 is 20.7 Å². The maximum absolute atomic E-state index is 14.4. The number of cyclic esters (lactones) is 1. The van der Waals surface area contributed by atoms with Crippen LogP contribution in [0.5, 0.6) is 0 Å². The first-order valence-electron chi connectivity index (χ1n) is 10.3. The van der Waals surface area contributed by atoms with E-state index in [9.17, 15) is 14.0 Å². The third-order valence-corrected chi connectivity index (χ3v) is 5.23. The van der Waals surface area contributed by atoms with Crippen LogP contribution in [0.15, 0.2) is 48.7 Å². The number of ether oxygens (including phenoxy) is 1. The highest BCUT2D eigenvalue weighted by atomic mass is 19.1. The molecule has 0 spiro atoms. The summed E-state index contributed by atoms with van der Waals surface area (Å²) in [5.74, 6) is -0.587. The number of halogens is 1. The van der Waals surface area contributed by atoms with Gasteiger partial charge in [-0.25, -0.2) is 19.2 Å². The molecule has 0 bridgehead atoms.